The number of hydrogen-bond donors (Lipinski definition) is 2. The molecule has 7 nitrogen and oxygen atoms in total. The third-order valence-corrected chi connectivity index (χ3v) is 4.76. The molecular formula is C21H22FN7. The second-order valence-electron chi connectivity index (χ2n) is 6.77. The lowest BCUT2D eigenvalue weighted by Crippen LogP contribution is -2.11. The number of amidine groups is 1. The summed E-state index contributed by atoms with van der Waals surface area (Å²) in [6.45, 7) is 2.80. The van der Waals surface area contributed by atoms with Gasteiger partial charge >= 0.3 is 0 Å². The largest absolute Gasteiger partial charge is 0.391 e. The highest BCUT2D eigenvalue weighted by atomic mass is 19.1. The lowest BCUT2D eigenvalue weighted by Gasteiger charge is -2.16. The van der Waals surface area contributed by atoms with E-state index in [0.717, 1.165) is 53.2 Å². The number of aryl methyl sites for hydroxylation is 3. The van der Waals surface area contributed by atoms with Crippen LogP contribution in [0.15, 0.2) is 47.7 Å². The third-order valence-electron chi connectivity index (χ3n) is 4.76. The predicted octanol–water partition coefficient (Wildman–Crippen LogP) is 2.89. The molecule has 4 rings (SSSR count). The summed E-state index contributed by atoms with van der Waals surface area (Å²) in [5, 5.41) is 7.71. The molecule has 0 aliphatic heterocycles. The molecule has 1 aliphatic carbocycles. The van der Waals surface area contributed by atoms with Crippen molar-refractivity contribution in [2.45, 2.75) is 19.8 Å². The second-order valence-corrected chi connectivity index (χ2v) is 6.77. The van der Waals surface area contributed by atoms with Crippen molar-refractivity contribution in [3.63, 3.8) is 0 Å². The molecule has 2 heterocycles. The fourth-order valence-electron chi connectivity index (χ4n) is 3.46. The molecular weight excluding hydrogens is 369 g/mol. The van der Waals surface area contributed by atoms with Crippen LogP contribution in [0.1, 0.15) is 18.2 Å². The fraction of sp³-hybridized carbons (Fsp3) is 0.238. The van der Waals surface area contributed by atoms with Crippen molar-refractivity contribution in [3.8, 4) is 22.5 Å². The normalized spacial score (nSPS) is 13.4. The van der Waals surface area contributed by atoms with Gasteiger partial charge in [-0.15, -0.1) is 0 Å². The van der Waals surface area contributed by atoms with Gasteiger partial charge in [0.05, 0.1) is 17.1 Å². The molecule has 0 fully saturated rings. The molecule has 0 saturated heterocycles. The number of nitrogens with two attached hydrogens (primary N) is 1. The van der Waals surface area contributed by atoms with Crippen LogP contribution in [-0.2, 0) is 19.9 Å². The molecule has 2 aromatic heterocycles. The van der Waals surface area contributed by atoms with Gasteiger partial charge in [-0.2, -0.15) is 10.1 Å². The van der Waals surface area contributed by atoms with E-state index in [1.54, 1.807) is 30.6 Å². The molecule has 0 bridgehead atoms. The number of nitrogens with zero attached hydrogens (tertiary/aromatic N) is 5. The predicted molar refractivity (Wildman–Crippen MR) is 111 cm³/mol. The number of halogens is 1. The van der Waals surface area contributed by atoms with Gasteiger partial charge in [-0.05, 0) is 55.7 Å². The molecule has 0 atom stereocenters. The maximum absolute atomic E-state index is 13.4. The Bertz CT molecular complexity index is 1100. The highest BCUT2D eigenvalue weighted by Crippen LogP contribution is 2.39. The van der Waals surface area contributed by atoms with Crippen LogP contribution in [0.2, 0.25) is 0 Å². The van der Waals surface area contributed by atoms with Gasteiger partial charge in [-0.25, -0.2) is 14.4 Å². The Kier molecular flexibility index (Phi) is 5.07. The molecule has 0 amide bonds. The summed E-state index contributed by atoms with van der Waals surface area (Å²) < 4.78 is 15.2. The Morgan fingerprint density at radius 2 is 2.10 bits per heavy atom. The van der Waals surface area contributed by atoms with E-state index in [1.165, 1.54) is 12.1 Å². The van der Waals surface area contributed by atoms with E-state index < -0.39 is 0 Å². The number of aliphatic imine (C=N–C) groups is 1. The Labute approximate surface area is 168 Å². The number of nitrogens with one attached hydrogen (secondary N) is 1. The molecule has 0 spiro atoms. The summed E-state index contributed by atoms with van der Waals surface area (Å²) in [5.74, 6) is 0.335. The zero-order valence-electron chi connectivity index (χ0n) is 16.4. The van der Waals surface area contributed by atoms with Crippen LogP contribution in [-0.4, -0.2) is 32.1 Å². The minimum absolute atomic E-state index is 0.273. The van der Waals surface area contributed by atoms with E-state index in [0.29, 0.717) is 11.8 Å². The Hall–Kier alpha value is -3.55. The first kappa shape index (κ1) is 18.8. The van der Waals surface area contributed by atoms with Crippen molar-refractivity contribution < 1.29 is 4.39 Å². The lowest BCUT2D eigenvalue weighted by atomic mass is 9.91. The van der Waals surface area contributed by atoms with E-state index in [4.69, 9.17) is 5.73 Å². The average Bonchev–Trinajstić information content (AvgIpc) is 3.05. The Balaban J connectivity index is 1.79. The van der Waals surface area contributed by atoms with Gasteiger partial charge in [0.2, 0.25) is 0 Å². The third kappa shape index (κ3) is 3.73. The van der Waals surface area contributed by atoms with Crippen molar-refractivity contribution in [2.75, 3.05) is 6.54 Å². The van der Waals surface area contributed by atoms with Crippen LogP contribution >= 0.6 is 0 Å². The van der Waals surface area contributed by atoms with Crippen LogP contribution in [0.4, 0.5) is 10.3 Å². The Morgan fingerprint density at radius 1 is 1.31 bits per heavy atom. The van der Waals surface area contributed by atoms with Gasteiger partial charge in [0, 0.05) is 37.1 Å². The van der Waals surface area contributed by atoms with Crippen LogP contribution in [0.3, 0.4) is 0 Å². The first-order valence-corrected chi connectivity index (χ1v) is 9.49. The highest BCUT2D eigenvalue weighted by Gasteiger charge is 2.27. The van der Waals surface area contributed by atoms with Crippen molar-refractivity contribution in [1.82, 2.24) is 25.1 Å². The molecule has 3 aromatic rings. The zero-order valence-corrected chi connectivity index (χ0v) is 16.4. The van der Waals surface area contributed by atoms with E-state index >= 15 is 0 Å². The Morgan fingerprint density at radius 3 is 2.86 bits per heavy atom. The van der Waals surface area contributed by atoms with Crippen molar-refractivity contribution >= 4 is 11.8 Å². The molecule has 29 heavy (non-hydrogen) atoms. The molecule has 1 aromatic carbocycles. The average molecular weight is 391 g/mol. The number of hydrogen-bond acceptors (Lipinski definition) is 5. The lowest BCUT2D eigenvalue weighted by molar-refractivity contribution is 0.628. The van der Waals surface area contributed by atoms with Crippen LogP contribution < -0.4 is 11.1 Å². The summed E-state index contributed by atoms with van der Waals surface area (Å²) in [5.41, 5.74) is 11.5. The van der Waals surface area contributed by atoms with Crippen molar-refractivity contribution in [3.05, 3.63) is 59.8 Å². The summed E-state index contributed by atoms with van der Waals surface area (Å²) in [6, 6.07) is 6.41. The fourth-order valence-corrected chi connectivity index (χ4v) is 3.46. The molecule has 1 aliphatic rings. The van der Waals surface area contributed by atoms with Gasteiger partial charge in [0.15, 0.2) is 0 Å². The zero-order chi connectivity index (χ0) is 20.4. The van der Waals surface area contributed by atoms with Crippen LogP contribution in [0.25, 0.3) is 22.5 Å². The SMILES string of the molecule is CCN/C=C\C(N)=Nc1ncc2c(n1)-c1c(nn(C)c1-c1ccc(F)cc1)CC2. The highest BCUT2D eigenvalue weighted by molar-refractivity contribution is 5.93. The topological polar surface area (TPSA) is 94.0 Å². The molecule has 0 saturated carbocycles. The smallest absolute Gasteiger partial charge is 0.251 e. The standard InChI is InChI=1S/C21H22FN7/c1-3-24-11-10-17(23)26-21-25-12-14-6-9-16-18(19(14)27-21)20(29(2)28-16)13-4-7-15(22)8-5-13/h4-5,7-8,10-12,24H,3,6,9H2,1-2H3,(H2,23,25,26,27)/b11-10-. The van der Waals surface area contributed by atoms with E-state index in [2.05, 4.69) is 25.4 Å². The summed E-state index contributed by atoms with van der Waals surface area (Å²) in [4.78, 5) is 13.3. The van der Waals surface area contributed by atoms with E-state index in [9.17, 15) is 4.39 Å². The molecule has 3 N–H and O–H groups in total. The first-order chi connectivity index (χ1) is 14.1. The molecule has 148 valence electrons. The number of rotatable bonds is 5. The maximum atomic E-state index is 13.4. The minimum Gasteiger partial charge on any atom is -0.391 e. The van der Waals surface area contributed by atoms with E-state index in [1.807, 2.05) is 18.7 Å². The second kappa shape index (κ2) is 7.83. The van der Waals surface area contributed by atoms with Gasteiger partial charge in [0.1, 0.15) is 11.7 Å². The van der Waals surface area contributed by atoms with Gasteiger partial charge in [0.25, 0.3) is 5.95 Å². The number of aromatic nitrogens is 4. The summed E-state index contributed by atoms with van der Waals surface area (Å²) in [6.07, 6.45) is 6.82. The van der Waals surface area contributed by atoms with E-state index in [-0.39, 0.29) is 5.82 Å². The monoisotopic (exact) mass is 391 g/mol. The van der Waals surface area contributed by atoms with Crippen molar-refractivity contribution in [1.29, 1.82) is 0 Å². The molecule has 0 radical (unpaired) electrons. The minimum atomic E-state index is -0.273. The number of fused-ring (bicyclic) bond motifs is 3. The molecule has 0 unspecified atom stereocenters. The summed E-state index contributed by atoms with van der Waals surface area (Å²) >= 11 is 0. The number of benzene rings is 1. The van der Waals surface area contributed by atoms with Gasteiger partial charge in [-0.3, -0.25) is 4.68 Å². The first-order valence-electron chi connectivity index (χ1n) is 9.49. The van der Waals surface area contributed by atoms with Gasteiger partial charge in [-0.1, -0.05) is 0 Å². The van der Waals surface area contributed by atoms with Crippen LogP contribution in [0.5, 0.6) is 0 Å². The maximum Gasteiger partial charge on any atom is 0.251 e. The van der Waals surface area contributed by atoms with Crippen molar-refractivity contribution in [2.24, 2.45) is 17.8 Å². The van der Waals surface area contributed by atoms with Gasteiger partial charge < -0.3 is 11.1 Å². The molecule has 8 heteroatoms. The van der Waals surface area contributed by atoms with Crippen LogP contribution in [0, 0.1) is 5.82 Å². The quantitative estimate of drug-likeness (QED) is 0.515. The summed E-state index contributed by atoms with van der Waals surface area (Å²) in [7, 11) is 1.89.